The summed E-state index contributed by atoms with van der Waals surface area (Å²) in [4.78, 5) is 19.9. The normalized spacial score (nSPS) is 18.6. The Morgan fingerprint density at radius 2 is 1.87 bits per heavy atom. The van der Waals surface area contributed by atoms with E-state index in [1.807, 2.05) is 37.3 Å². The molecule has 4 heterocycles. The summed E-state index contributed by atoms with van der Waals surface area (Å²) in [7, 11) is 0. The van der Waals surface area contributed by atoms with Crippen LogP contribution in [0.15, 0.2) is 47.5 Å². The van der Waals surface area contributed by atoms with E-state index in [0.29, 0.717) is 10.8 Å². The van der Waals surface area contributed by atoms with Crippen LogP contribution in [0.25, 0.3) is 5.00 Å². The molecule has 2 aromatic carbocycles. The van der Waals surface area contributed by atoms with Gasteiger partial charge in [0.25, 0.3) is 0 Å². The van der Waals surface area contributed by atoms with E-state index in [9.17, 15) is 4.79 Å². The molecule has 39 heavy (non-hydrogen) atoms. The van der Waals surface area contributed by atoms with Crippen molar-refractivity contribution >= 4 is 40.2 Å². The lowest BCUT2D eigenvalue weighted by atomic mass is 9.83. The number of thiophene rings is 1. The number of aryl methyl sites for hydroxylation is 2. The lowest BCUT2D eigenvalue weighted by molar-refractivity contribution is -0.116. The van der Waals surface area contributed by atoms with Crippen LogP contribution >= 0.6 is 22.9 Å². The zero-order valence-corrected chi connectivity index (χ0v) is 23.6. The van der Waals surface area contributed by atoms with Crippen LogP contribution in [0.2, 0.25) is 5.02 Å². The highest BCUT2D eigenvalue weighted by Gasteiger charge is 2.43. The summed E-state index contributed by atoms with van der Waals surface area (Å²) in [6.45, 7) is 7.83. The van der Waals surface area contributed by atoms with Gasteiger partial charge in [0.2, 0.25) is 5.91 Å². The smallest absolute Gasteiger partial charge is 0.227 e. The van der Waals surface area contributed by atoms with Gasteiger partial charge in [-0.15, -0.1) is 21.5 Å². The van der Waals surface area contributed by atoms with Gasteiger partial charge in [-0.1, -0.05) is 29.8 Å². The molecule has 1 fully saturated rings. The van der Waals surface area contributed by atoms with Crippen LogP contribution in [0.1, 0.15) is 56.8 Å². The van der Waals surface area contributed by atoms with Crippen LogP contribution < -0.4 is 5.32 Å². The summed E-state index contributed by atoms with van der Waals surface area (Å²) in [6.07, 6.45) is 2.21. The number of carbonyl (C=O) groups excluding carboxylic acids is 1. The maximum absolute atomic E-state index is 13.5. The highest BCUT2D eigenvalue weighted by atomic mass is 35.5. The number of rotatable bonds is 4. The number of nitrogens with zero attached hydrogens (tertiary/aromatic N) is 4. The number of fused-ring (bicyclic) bond motifs is 4. The molecule has 3 aliphatic rings. The molecule has 1 aliphatic carbocycles. The molecule has 0 radical (unpaired) electrons. The lowest BCUT2D eigenvalue weighted by Crippen LogP contribution is -2.43. The molecule has 9 heteroatoms. The minimum Gasteiger partial charge on any atom is -0.380 e. The second-order valence-electron chi connectivity index (χ2n) is 11.0. The van der Waals surface area contributed by atoms with Gasteiger partial charge in [0, 0.05) is 32.1 Å². The van der Waals surface area contributed by atoms with Gasteiger partial charge in [0.05, 0.1) is 25.3 Å². The van der Waals surface area contributed by atoms with Gasteiger partial charge in [0.1, 0.15) is 16.9 Å². The highest BCUT2D eigenvalue weighted by molar-refractivity contribution is 7.15. The predicted octanol–water partition coefficient (Wildman–Crippen LogP) is 5.94. The number of hydrogen-bond acceptors (Lipinski definition) is 6. The van der Waals surface area contributed by atoms with E-state index in [2.05, 4.69) is 46.1 Å². The largest absolute Gasteiger partial charge is 0.380 e. The third-order valence-electron chi connectivity index (χ3n) is 8.17. The molecule has 1 N–H and O–H groups in total. The number of aromatic nitrogens is 3. The fourth-order valence-electron chi connectivity index (χ4n) is 6.03. The van der Waals surface area contributed by atoms with Crippen LogP contribution in [-0.2, 0) is 22.4 Å². The summed E-state index contributed by atoms with van der Waals surface area (Å²) in [5, 5.41) is 13.7. The molecule has 2 aromatic heterocycles. The van der Waals surface area contributed by atoms with Gasteiger partial charge in [-0.05, 0) is 74.6 Å². The number of benzene rings is 2. The van der Waals surface area contributed by atoms with Gasteiger partial charge >= 0.3 is 0 Å². The molecule has 0 saturated carbocycles. The fourth-order valence-corrected chi connectivity index (χ4v) is 7.37. The van der Waals surface area contributed by atoms with Crippen molar-refractivity contribution in [2.24, 2.45) is 10.4 Å². The summed E-state index contributed by atoms with van der Waals surface area (Å²) >= 11 is 7.91. The molecule has 198 valence electrons. The first-order valence-corrected chi connectivity index (χ1v) is 14.4. The average molecular weight is 558 g/mol. The third-order valence-corrected chi connectivity index (χ3v) is 9.62. The van der Waals surface area contributed by atoms with Gasteiger partial charge in [0.15, 0.2) is 5.82 Å². The second-order valence-corrected chi connectivity index (χ2v) is 12.6. The van der Waals surface area contributed by atoms with Crippen LogP contribution in [0.3, 0.4) is 0 Å². The standard InChI is InChI=1S/C30H28ClN5O2S/c1-16-17(2)39-29-26(16)27(19-4-7-22(31)8-5-19)33-24(28-35-34-18(3)36(28)29)11-25(37)32-23-9-6-20-12-30(14-38-15-30)13-21(20)10-23/h4-10,24H,11-15H2,1-3H3,(H,32,37)/t24-/m0/s1. The summed E-state index contributed by atoms with van der Waals surface area (Å²) in [5.74, 6) is 1.34. The summed E-state index contributed by atoms with van der Waals surface area (Å²) < 4.78 is 7.56. The van der Waals surface area contributed by atoms with Crippen LogP contribution in [0.5, 0.6) is 0 Å². The monoisotopic (exact) mass is 557 g/mol. The molecule has 1 atom stereocenters. The number of carbonyl (C=O) groups is 1. The Balaban J connectivity index is 1.23. The first-order valence-electron chi connectivity index (χ1n) is 13.2. The molecule has 4 aromatic rings. The van der Waals surface area contributed by atoms with E-state index < -0.39 is 6.04 Å². The number of anilines is 1. The third kappa shape index (κ3) is 4.13. The zero-order chi connectivity index (χ0) is 26.9. The zero-order valence-electron chi connectivity index (χ0n) is 22.0. The van der Waals surface area contributed by atoms with Crippen LogP contribution in [0, 0.1) is 26.2 Å². The maximum atomic E-state index is 13.5. The number of amides is 1. The van der Waals surface area contributed by atoms with Crippen molar-refractivity contribution in [2.45, 2.75) is 46.1 Å². The van der Waals surface area contributed by atoms with E-state index in [0.717, 1.165) is 59.4 Å². The molecule has 1 spiro atoms. The van der Waals surface area contributed by atoms with Crippen LogP contribution in [0.4, 0.5) is 5.69 Å². The fraction of sp³-hybridized carbons (Fsp3) is 0.333. The first-order chi connectivity index (χ1) is 18.8. The van der Waals surface area contributed by atoms with Gasteiger partial charge < -0.3 is 10.1 Å². The minimum absolute atomic E-state index is 0.107. The minimum atomic E-state index is -0.499. The number of ether oxygens (including phenoxy) is 1. The molecule has 2 aliphatic heterocycles. The Hall–Kier alpha value is -3.33. The van der Waals surface area contributed by atoms with Gasteiger partial charge in [-0.2, -0.15) is 0 Å². The predicted molar refractivity (Wildman–Crippen MR) is 154 cm³/mol. The molecule has 7 nitrogen and oxygen atoms in total. The molecule has 1 amide bonds. The van der Waals surface area contributed by atoms with Crippen molar-refractivity contribution in [1.82, 2.24) is 14.8 Å². The Morgan fingerprint density at radius 3 is 2.62 bits per heavy atom. The van der Waals surface area contributed by atoms with Crippen molar-refractivity contribution in [1.29, 1.82) is 0 Å². The molecule has 0 unspecified atom stereocenters. The number of aliphatic imine (C=N–C) groups is 1. The van der Waals surface area contributed by atoms with E-state index in [1.54, 1.807) is 11.3 Å². The quantitative estimate of drug-likeness (QED) is 0.336. The van der Waals surface area contributed by atoms with Crippen molar-refractivity contribution < 1.29 is 9.53 Å². The summed E-state index contributed by atoms with van der Waals surface area (Å²) in [6, 6.07) is 13.5. The van der Waals surface area contributed by atoms with Crippen molar-refractivity contribution in [3.63, 3.8) is 0 Å². The molecule has 7 rings (SSSR count). The Morgan fingerprint density at radius 1 is 1.10 bits per heavy atom. The van der Waals surface area contributed by atoms with E-state index in [4.69, 9.17) is 21.3 Å². The van der Waals surface area contributed by atoms with Gasteiger partial charge in [-0.25, -0.2) is 0 Å². The van der Waals surface area contributed by atoms with Crippen LogP contribution in [-0.4, -0.2) is 39.6 Å². The molecular weight excluding hydrogens is 530 g/mol. The highest BCUT2D eigenvalue weighted by Crippen LogP contribution is 2.43. The Labute approximate surface area is 235 Å². The average Bonchev–Trinajstić information content (AvgIpc) is 3.53. The molecular formula is C30H28ClN5O2S. The number of nitrogens with one attached hydrogen (secondary N) is 1. The van der Waals surface area contributed by atoms with E-state index in [-0.39, 0.29) is 17.7 Å². The second kappa shape index (κ2) is 9.11. The molecule has 1 saturated heterocycles. The number of halogens is 1. The Bertz CT molecular complexity index is 1670. The van der Waals surface area contributed by atoms with E-state index >= 15 is 0 Å². The topological polar surface area (TPSA) is 81.4 Å². The SMILES string of the molecule is Cc1sc2c(c1C)C(c1ccc(Cl)cc1)=N[C@@H](CC(=O)Nc1ccc3c(c1)CC1(COC1)C3)c1nnc(C)n1-2. The van der Waals surface area contributed by atoms with Crippen molar-refractivity contribution in [2.75, 3.05) is 18.5 Å². The molecule has 0 bridgehead atoms. The van der Waals surface area contributed by atoms with E-state index in [1.165, 1.54) is 21.6 Å². The maximum Gasteiger partial charge on any atom is 0.227 e. The number of hydrogen-bond donors (Lipinski definition) is 1. The summed E-state index contributed by atoms with van der Waals surface area (Å²) in [5.41, 5.74) is 7.76. The first kappa shape index (κ1) is 24.7. The van der Waals surface area contributed by atoms with Gasteiger partial charge in [-0.3, -0.25) is 14.4 Å². The Kier molecular flexibility index (Phi) is 5.77. The van der Waals surface area contributed by atoms with Crippen molar-refractivity contribution in [3.05, 3.63) is 91.8 Å². The van der Waals surface area contributed by atoms with Crippen molar-refractivity contribution in [3.8, 4) is 5.00 Å². The lowest BCUT2D eigenvalue weighted by Gasteiger charge is -2.37.